The van der Waals surface area contributed by atoms with Gasteiger partial charge in [0.15, 0.2) is 0 Å². The molecular formula is C28H29N7O. The molecule has 8 nitrogen and oxygen atoms in total. The van der Waals surface area contributed by atoms with Gasteiger partial charge in [-0.2, -0.15) is 5.26 Å². The summed E-state index contributed by atoms with van der Waals surface area (Å²) in [5.74, 6) is 0.984. The lowest BCUT2D eigenvalue weighted by molar-refractivity contribution is 0.0926. The van der Waals surface area contributed by atoms with Gasteiger partial charge in [-0.3, -0.25) is 14.3 Å². The zero-order valence-corrected chi connectivity index (χ0v) is 20.5. The van der Waals surface area contributed by atoms with Gasteiger partial charge in [0.25, 0.3) is 5.91 Å². The van der Waals surface area contributed by atoms with E-state index in [-0.39, 0.29) is 18.0 Å². The van der Waals surface area contributed by atoms with E-state index in [0.717, 1.165) is 42.5 Å². The molecule has 2 N–H and O–H groups in total. The van der Waals surface area contributed by atoms with Gasteiger partial charge in [0.1, 0.15) is 17.5 Å². The zero-order valence-electron chi connectivity index (χ0n) is 20.5. The summed E-state index contributed by atoms with van der Waals surface area (Å²) in [6.07, 6.45) is 10.8. The van der Waals surface area contributed by atoms with Crippen molar-refractivity contribution in [1.29, 1.82) is 5.26 Å². The van der Waals surface area contributed by atoms with Crippen LogP contribution in [0.2, 0.25) is 0 Å². The van der Waals surface area contributed by atoms with Crippen LogP contribution < -0.4 is 10.6 Å². The van der Waals surface area contributed by atoms with Crippen LogP contribution in [0.4, 0.5) is 5.69 Å². The Bertz CT molecular complexity index is 1410. The Balaban J connectivity index is 1.34. The van der Waals surface area contributed by atoms with E-state index < -0.39 is 0 Å². The van der Waals surface area contributed by atoms with Gasteiger partial charge in [0, 0.05) is 59.9 Å². The molecule has 4 aromatic heterocycles. The number of carbonyl (C=O) groups excluding carboxylic acids is 1. The molecule has 5 rings (SSSR count). The molecule has 0 bridgehead atoms. The van der Waals surface area contributed by atoms with Gasteiger partial charge in [-0.25, -0.2) is 9.97 Å². The fourth-order valence-electron chi connectivity index (χ4n) is 4.87. The number of hydrogen-bond acceptors (Lipinski definition) is 6. The van der Waals surface area contributed by atoms with E-state index in [4.69, 9.17) is 5.26 Å². The molecule has 1 fully saturated rings. The molecule has 1 saturated carbocycles. The maximum absolute atomic E-state index is 13.3. The van der Waals surface area contributed by atoms with Crippen molar-refractivity contribution >= 4 is 22.6 Å². The molecule has 8 heteroatoms. The molecule has 1 aliphatic carbocycles. The summed E-state index contributed by atoms with van der Waals surface area (Å²) < 4.78 is 1.86. The number of aromatic nitrogens is 4. The molecule has 36 heavy (non-hydrogen) atoms. The van der Waals surface area contributed by atoms with E-state index in [1.807, 2.05) is 55.1 Å². The third-order valence-corrected chi connectivity index (χ3v) is 6.65. The van der Waals surface area contributed by atoms with Crippen LogP contribution in [0.3, 0.4) is 0 Å². The number of rotatable bonds is 6. The van der Waals surface area contributed by atoms with Crippen molar-refractivity contribution in [3.8, 4) is 11.9 Å². The third-order valence-electron chi connectivity index (χ3n) is 6.65. The van der Waals surface area contributed by atoms with Crippen LogP contribution >= 0.6 is 0 Å². The molecule has 4 aromatic rings. The Morgan fingerprint density at radius 3 is 2.64 bits per heavy atom. The lowest BCUT2D eigenvalue weighted by atomic mass is 9.84. The number of fused-ring (bicyclic) bond motifs is 1. The number of pyridine rings is 3. The largest absolute Gasteiger partial charge is 0.382 e. The molecule has 0 atom stereocenters. The molecule has 0 spiro atoms. The fraction of sp³-hybridized carbons (Fsp3) is 0.321. The van der Waals surface area contributed by atoms with Gasteiger partial charge in [0.05, 0.1) is 16.8 Å². The number of carbonyl (C=O) groups is 1. The van der Waals surface area contributed by atoms with Crippen LogP contribution in [0.25, 0.3) is 16.9 Å². The first kappa shape index (κ1) is 23.5. The molecule has 1 aliphatic rings. The van der Waals surface area contributed by atoms with Crippen molar-refractivity contribution in [2.24, 2.45) is 0 Å². The van der Waals surface area contributed by atoms with Crippen molar-refractivity contribution in [3.63, 3.8) is 0 Å². The normalized spacial score (nSPS) is 17.6. The van der Waals surface area contributed by atoms with Crippen molar-refractivity contribution in [3.05, 3.63) is 78.0 Å². The summed E-state index contributed by atoms with van der Waals surface area (Å²) >= 11 is 0. The second-order valence-corrected chi connectivity index (χ2v) is 9.60. The number of nitriles is 1. The Morgan fingerprint density at radius 2 is 1.92 bits per heavy atom. The van der Waals surface area contributed by atoms with E-state index in [0.29, 0.717) is 28.5 Å². The number of nitrogens with one attached hydrogen (secondary N) is 2. The average molecular weight is 480 g/mol. The summed E-state index contributed by atoms with van der Waals surface area (Å²) in [6, 6.07) is 14.0. The summed E-state index contributed by atoms with van der Waals surface area (Å²) in [6.45, 7) is 4.08. The first-order valence-electron chi connectivity index (χ1n) is 12.4. The quantitative estimate of drug-likeness (QED) is 0.404. The smallest absolute Gasteiger partial charge is 0.255 e. The van der Waals surface area contributed by atoms with E-state index in [1.54, 1.807) is 18.5 Å². The molecule has 0 aromatic carbocycles. The standard InChI is InChI=1S/C28H29N7O/c1-18(2)33-25-14-26(35-12-10-21-13-19(15-29)16-32-27(21)35)31-17-23(25)28(36)34-22-8-6-20(7-9-22)24-5-3-4-11-30-24/h3-5,10-14,16-18,20,22H,6-9H2,1-2H3,(H,31,33)(H,34,36). The van der Waals surface area contributed by atoms with Crippen molar-refractivity contribution < 1.29 is 4.79 Å². The average Bonchev–Trinajstić information content (AvgIpc) is 3.32. The zero-order chi connectivity index (χ0) is 25.1. The molecule has 0 unspecified atom stereocenters. The number of nitrogens with zero attached hydrogens (tertiary/aromatic N) is 5. The highest BCUT2D eigenvalue weighted by Gasteiger charge is 2.25. The first-order chi connectivity index (χ1) is 17.5. The van der Waals surface area contributed by atoms with Gasteiger partial charge in [-0.05, 0) is 63.8 Å². The van der Waals surface area contributed by atoms with Crippen LogP contribution in [0.5, 0.6) is 0 Å². The highest BCUT2D eigenvalue weighted by atomic mass is 16.1. The molecule has 0 aliphatic heterocycles. The highest BCUT2D eigenvalue weighted by Crippen LogP contribution is 2.32. The van der Waals surface area contributed by atoms with E-state index in [2.05, 4.69) is 37.7 Å². The number of amides is 1. The minimum atomic E-state index is -0.118. The summed E-state index contributed by atoms with van der Waals surface area (Å²) in [4.78, 5) is 26.8. The molecule has 182 valence electrons. The molecular weight excluding hydrogens is 450 g/mol. The summed E-state index contributed by atoms with van der Waals surface area (Å²) in [5, 5.41) is 16.6. The molecule has 0 radical (unpaired) electrons. The number of anilines is 1. The predicted octanol–water partition coefficient (Wildman–Crippen LogP) is 4.96. The van der Waals surface area contributed by atoms with Gasteiger partial charge >= 0.3 is 0 Å². The highest BCUT2D eigenvalue weighted by molar-refractivity contribution is 5.99. The fourth-order valence-corrected chi connectivity index (χ4v) is 4.87. The van der Waals surface area contributed by atoms with E-state index >= 15 is 0 Å². The van der Waals surface area contributed by atoms with Crippen LogP contribution in [0, 0.1) is 11.3 Å². The van der Waals surface area contributed by atoms with Crippen LogP contribution in [-0.2, 0) is 0 Å². The van der Waals surface area contributed by atoms with Crippen molar-refractivity contribution in [2.45, 2.75) is 57.5 Å². The maximum Gasteiger partial charge on any atom is 0.255 e. The van der Waals surface area contributed by atoms with Crippen molar-refractivity contribution in [1.82, 2.24) is 24.8 Å². The van der Waals surface area contributed by atoms with Crippen LogP contribution in [0.1, 0.15) is 67.1 Å². The third kappa shape index (κ3) is 4.91. The minimum absolute atomic E-state index is 0.118. The monoisotopic (exact) mass is 479 g/mol. The second kappa shape index (κ2) is 10.2. The van der Waals surface area contributed by atoms with Crippen LogP contribution in [0.15, 0.2) is 61.2 Å². The lowest BCUT2D eigenvalue weighted by Gasteiger charge is -2.29. The Kier molecular flexibility index (Phi) is 6.63. The van der Waals surface area contributed by atoms with E-state index in [1.165, 1.54) is 0 Å². The van der Waals surface area contributed by atoms with Gasteiger partial charge in [0.2, 0.25) is 0 Å². The lowest BCUT2D eigenvalue weighted by Crippen LogP contribution is -2.38. The number of hydrogen-bond donors (Lipinski definition) is 2. The van der Waals surface area contributed by atoms with E-state index in [9.17, 15) is 4.79 Å². The molecule has 0 saturated heterocycles. The summed E-state index contributed by atoms with van der Waals surface area (Å²) in [7, 11) is 0. The Labute approximate surface area is 210 Å². The van der Waals surface area contributed by atoms with Gasteiger partial charge < -0.3 is 10.6 Å². The molecule has 4 heterocycles. The SMILES string of the molecule is CC(C)Nc1cc(-n2ccc3cc(C#N)cnc32)ncc1C(=O)NC1CCC(c2ccccn2)CC1. The maximum atomic E-state index is 13.3. The van der Waals surface area contributed by atoms with Crippen LogP contribution in [-0.4, -0.2) is 37.5 Å². The van der Waals surface area contributed by atoms with Crippen molar-refractivity contribution in [2.75, 3.05) is 5.32 Å². The topological polar surface area (TPSA) is 109 Å². The Hall–Kier alpha value is -4.25. The second-order valence-electron chi connectivity index (χ2n) is 9.60. The predicted molar refractivity (Wildman–Crippen MR) is 139 cm³/mol. The Morgan fingerprint density at radius 1 is 1.08 bits per heavy atom. The summed E-state index contributed by atoms with van der Waals surface area (Å²) in [5.41, 5.74) is 3.61. The first-order valence-corrected chi connectivity index (χ1v) is 12.4. The molecule has 1 amide bonds. The minimum Gasteiger partial charge on any atom is -0.382 e. The van der Waals surface area contributed by atoms with Gasteiger partial charge in [-0.15, -0.1) is 0 Å². The van der Waals surface area contributed by atoms with Gasteiger partial charge in [-0.1, -0.05) is 6.07 Å².